The minimum absolute atomic E-state index is 0.117. The minimum Gasteiger partial charge on any atom is -0.367 e. The monoisotopic (exact) mass is 559 g/mol. The normalized spacial score (nSPS) is 16.7. The molecule has 2 N–H and O–H groups in total. The van der Waals surface area contributed by atoms with Crippen LogP contribution in [0.2, 0.25) is 5.02 Å². The van der Waals surface area contributed by atoms with Crippen LogP contribution in [0, 0.1) is 11.6 Å². The summed E-state index contributed by atoms with van der Waals surface area (Å²) in [6, 6.07) is 6.00. The Morgan fingerprint density at radius 3 is 2.37 bits per heavy atom. The first-order valence-corrected chi connectivity index (χ1v) is 12.0. The summed E-state index contributed by atoms with van der Waals surface area (Å²) in [6.45, 7) is 0.585. The number of rotatable bonds is 7. The van der Waals surface area contributed by atoms with E-state index < -0.39 is 54.2 Å². The van der Waals surface area contributed by atoms with Crippen molar-refractivity contribution in [2.24, 2.45) is 0 Å². The lowest BCUT2D eigenvalue weighted by molar-refractivity contribution is -0.138. The largest absolute Gasteiger partial charge is 0.390 e. The van der Waals surface area contributed by atoms with Crippen molar-refractivity contribution in [3.05, 3.63) is 58.1 Å². The summed E-state index contributed by atoms with van der Waals surface area (Å²) in [5.74, 6) is -4.35. The summed E-state index contributed by atoms with van der Waals surface area (Å²) in [5, 5.41) is 5.17. The van der Waals surface area contributed by atoms with Gasteiger partial charge >= 0.3 is 12.2 Å². The number of imide groups is 1. The Morgan fingerprint density at radius 2 is 1.74 bits per heavy atom. The second-order valence-corrected chi connectivity index (χ2v) is 9.28. The van der Waals surface area contributed by atoms with Crippen LogP contribution in [0.3, 0.4) is 0 Å². The molecule has 0 aliphatic carbocycles. The summed E-state index contributed by atoms with van der Waals surface area (Å²) in [7, 11) is 0. The molecule has 2 aromatic carbocycles. The number of piperazine rings is 1. The molecule has 0 atom stereocenters. The van der Waals surface area contributed by atoms with Gasteiger partial charge in [-0.1, -0.05) is 17.7 Å². The van der Waals surface area contributed by atoms with Crippen molar-refractivity contribution >= 4 is 40.8 Å². The molecule has 2 heterocycles. The molecule has 0 saturated carbocycles. The Bertz CT molecular complexity index is 1230. The van der Waals surface area contributed by atoms with Crippen LogP contribution in [0.4, 0.5) is 38.1 Å². The molecule has 2 aliphatic heterocycles. The first kappa shape index (κ1) is 27.6. The topological polar surface area (TPSA) is 85.0 Å². The number of carbonyl (C=O) groups is 3. The van der Waals surface area contributed by atoms with E-state index in [2.05, 4.69) is 10.6 Å². The van der Waals surface area contributed by atoms with Gasteiger partial charge in [0.15, 0.2) is 11.6 Å². The lowest BCUT2D eigenvalue weighted by atomic mass is 10.1. The number of carbonyl (C=O) groups excluding carboxylic acids is 3. The van der Waals surface area contributed by atoms with E-state index in [0.717, 1.165) is 17.0 Å². The molecule has 0 unspecified atom stereocenters. The molecule has 4 amide bonds. The van der Waals surface area contributed by atoms with E-state index in [1.54, 1.807) is 11.0 Å². The van der Waals surface area contributed by atoms with E-state index in [4.69, 9.17) is 11.6 Å². The SMILES string of the molecule is O=C(Nc1ccc(Cl)cc1N1CCN(CCC(F)(F)F)CC1)c1ccc(CN2C(=O)CNC2=O)c(F)c1F. The summed E-state index contributed by atoms with van der Waals surface area (Å²) >= 11 is 6.13. The van der Waals surface area contributed by atoms with Gasteiger partial charge in [0.05, 0.1) is 36.4 Å². The van der Waals surface area contributed by atoms with Crippen molar-refractivity contribution in [3.8, 4) is 0 Å². The molecule has 2 fully saturated rings. The molecule has 0 bridgehead atoms. The Labute approximate surface area is 219 Å². The maximum absolute atomic E-state index is 14.8. The third kappa shape index (κ3) is 6.33. The highest BCUT2D eigenvalue weighted by Crippen LogP contribution is 2.31. The fourth-order valence-corrected chi connectivity index (χ4v) is 4.40. The zero-order valence-electron chi connectivity index (χ0n) is 19.9. The Balaban J connectivity index is 1.47. The van der Waals surface area contributed by atoms with Crippen LogP contribution in [-0.4, -0.2) is 73.1 Å². The Kier molecular flexibility index (Phi) is 8.07. The maximum Gasteiger partial charge on any atom is 0.390 e. The highest BCUT2D eigenvalue weighted by atomic mass is 35.5. The van der Waals surface area contributed by atoms with E-state index in [9.17, 15) is 36.3 Å². The van der Waals surface area contributed by atoms with E-state index >= 15 is 0 Å². The third-order valence-corrected chi connectivity index (χ3v) is 6.54. The molecule has 2 aliphatic rings. The van der Waals surface area contributed by atoms with Gasteiger partial charge < -0.3 is 15.5 Å². The van der Waals surface area contributed by atoms with E-state index in [1.165, 1.54) is 12.1 Å². The molecule has 38 heavy (non-hydrogen) atoms. The summed E-state index contributed by atoms with van der Waals surface area (Å²) in [4.78, 5) is 40.6. The van der Waals surface area contributed by atoms with Gasteiger partial charge in [-0.2, -0.15) is 13.2 Å². The molecular weight excluding hydrogens is 537 g/mol. The fourth-order valence-electron chi connectivity index (χ4n) is 4.23. The number of hydrogen-bond donors (Lipinski definition) is 2. The Hall–Kier alpha value is -3.45. The van der Waals surface area contributed by atoms with Gasteiger partial charge in [-0.05, 0) is 24.3 Å². The van der Waals surface area contributed by atoms with Gasteiger partial charge in [0.1, 0.15) is 0 Å². The standard InChI is InChI=1S/C24H23ClF5N5O3/c25-15-2-4-17(18(11-15)34-9-7-33(8-10-34)6-5-24(28,29)30)32-22(37)16-3-1-14(20(26)21(16)27)13-35-19(36)12-31-23(35)38/h1-4,11H,5-10,12-13H2,(H,31,38)(H,32,37). The minimum atomic E-state index is -4.24. The molecule has 2 saturated heterocycles. The van der Waals surface area contributed by atoms with Crippen LogP contribution >= 0.6 is 11.6 Å². The van der Waals surface area contributed by atoms with Crippen molar-refractivity contribution < 1.29 is 36.3 Å². The van der Waals surface area contributed by atoms with Crippen molar-refractivity contribution in [2.45, 2.75) is 19.1 Å². The number of nitrogens with zero attached hydrogens (tertiary/aromatic N) is 3. The zero-order valence-corrected chi connectivity index (χ0v) is 20.6. The maximum atomic E-state index is 14.8. The number of halogens is 6. The number of nitrogens with one attached hydrogen (secondary N) is 2. The van der Waals surface area contributed by atoms with Crippen LogP contribution in [0.1, 0.15) is 22.3 Å². The number of alkyl halides is 3. The Morgan fingerprint density at radius 1 is 1.03 bits per heavy atom. The quantitative estimate of drug-likeness (QED) is 0.396. The van der Waals surface area contributed by atoms with E-state index in [0.29, 0.717) is 36.9 Å². The van der Waals surface area contributed by atoms with Gasteiger partial charge in [-0.3, -0.25) is 19.4 Å². The first-order valence-electron chi connectivity index (χ1n) is 11.6. The smallest absolute Gasteiger partial charge is 0.367 e. The summed E-state index contributed by atoms with van der Waals surface area (Å²) in [6.07, 6.45) is -5.15. The van der Waals surface area contributed by atoms with Crippen molar-refractivity contribution in [1.82, 2.24) is 15.1 Å². The number of amides is 4. The van der Waals surface area contributed by atoms with Crippen LogP contribution in [0.25, 0.3) is 0 Å². The van der Waals surface area contributed by atoms with Crippen molar-refractivity contribution in [1.29, 1.82) is 0 Å². The molecule has 4 rings (SSSR count). The van der Waals surface area contributed by atoms with E-state index in [1.807, 2.05) is 4.90 Å². The van der Waals surface area contributed by atoms with Gasteiger partial charge in [0.25, 0.3) is 5.91 Å². The zero-order chi connectivity index (χ0) is 27.6. The molecule has 2 aromatic rings. The number of anilines is 2. The van der Waals surface area contributed by atoms with Gasteiger partial charge in [-0.25, -0.2) is 13.6 Å². The number of urea groups is 1. The van der Waals surface area contributed by atoms with Gasteiger partial charge in [0, 0.05) is 43.3 Å². The third-order valence-electron chi connectivity index (χ3n) is 6.30. The molecule has 0 spiro atoms. The van der Waals surface area contributed by atoms with Crippen molar-refractivity contribution in [2.75, 3.05) is 49.5 Å². The second-order valence-electron chi connectivity index (χ2n) is 8.85. The lowest BCUT2D eigenvalue weighted by Gasteiger charge is -2.37. The predicted octanol–water partition coefficient (Wildman–Crippen LogP) is 4.00. The molecule has 204 valence electrons. The summed E-state index contributed by atoms with van der Waals surface area (Å²) < 4.78 is 67.2. The molecule has 14 heteroatoms. The van der Waals surface area contributed by atoms with Gasteiger partial charge in [0.2, 0.25) is 5.91 Å². The first-order chi connectivity index (χ1) is 17.9. The highest BCUT2D eigenvalue weighted by molar-refractivity contribution is 6.31. The van der Waals surface area contributed by atoms with Crippen molar-refractivity contribution in [3.63, 3.8) is 0 Å². The van der Waals surface area contributed by atoms with Crippen LogP contribution < -0.4 is 15.5 Å². The molecular formula is C24H23ClF5N5O3. The lowest BCUT2D eigenvalue weighted by Crippen LogP contribution is -2.47. The van der Waals surface area contributed by atoms with E-state index in [-0.39, 0.29) is 24.3 Å². The average molecular weight is 560 g/mol. The fraction of sp³-hybridized carbons (Fsp3) is 0.375. The molecule has 0 radical (unpaired) electrons. The van der Waals surface area contributed by atoms with Crippen LogP contribution in [-0.2, 0) is 11.3 Å². The highest BCUT2D eigenvalue weighted by Gasteiger charge is 2.31. The second kappa shape index (κ2) is 11.1. The van der Waals surface area contributed by atoms with Crippen LogP contribution in [0.15, 0.2) is 30.3 Å². The summed E-state index contributed by atoms with van der Waals surface area (Å²) in [5.41, 5.74) is -0.134. The van der Waals surface area contributed by atoms with Gasteiger partial charge in [-0.15, -0.1) is 0 Å². The molecule has 0 aromatic heterocycles. The molecule has 8 nitrogen and oxygen atoms in total. The number of hydrogen-bond acceptors (Lipinski definition) is 5. The van der Waals surface area contributed by atoms with Crippen LogP contribution in [0.5, 0.6) is 0 Å². The predicted molar refractivity (Wildman–Crippen MR) is 129 cm³/mol. The number of benzene rings is 2. The average Bonchev–Trinajstić information content (AvgIpc) is 3.18.